The van der Waals surface area contributed by atoms with Crippen molar-refractivity contribution in [3.63, 3.8) is 0 Å². The minimum Gasteiger partial charge on any atom is -0.490 e. The zero-order chi connectivity index (χ0) is 18.5. The fraction of sp³-hybridized carbons (Fsp3) is 0.333. The van der Waals surface area contributed by atoms with Gasteiger partial charge in [0, 0.05) is 5.56 Å². The fourth-order valence-electron chi connectivity index (χ4n) is 3.34. The summed E-state index contributed by atoms with van der Waals surface area (Å²) in [4.78, 5) is 27.1. The smallest absolute Gasteiger partial charge is 0.266 e. The molecule has 0 bridgehead atoms. The number of epoxide rings is 1. The number of rotatable bonds is 4. The Morgan fingerprint density at radius 1 is 1.04 bits per heavy atom. The molecule has 1 atom stereocenters. The predicted molar refractivity (Wildman–Crippen MR) is 98.0 cm³/mol. The Balaban J connectivity index is 1.80. The number of hydrogen-bond acceptors (Lipinski definition) is 4. The van der Waals surface area contributed by atoms with Gasteiger partial charge in [-0.1, -0.05) is 39.0 Å². The molecule has 0 saturated carbocycles. The van der Waals surface area contributed by atoms with Gasteiger partial charge < -0.3 is 9.47 Å². The summed E-state index contributed by atoms with van der Waals surface area (Å²) >= 11 is 0. The maximum absolute atomic E-state index is 12.9. The van der Waals surface area contributed by atoms with Crippen molar-refractivity contribution in [1.29, 1.82) is 0 Å². The van der Waals surface area contributed by atoms with Crippen molar-refractivity contribution >= 4 is 17.5 Å². The second-order valence-corrected chi connectivity index (χ2v) is 7.66. The lowest BCUT2D eigenvalue weighted by Crippen LogP contribution is -2.32. The van der Waals surface area contributed by atoms with E-state index in [0.717, 1.165) is 5.56 Å². The number of imide groups is 1. The topological polar surface area (TPSA) is 59.1 Å². The molecule has 0 spiro atoms. The van der Waals surface area contributed by atoms with Crippen LogP contribution in [-0.4, -0.2) is 31.1 Å². The molecular formula is C21H21NO4. The lowest BCUT2D eigenvalue weighted by atomic mass is 9.84. The Hall–Kier alpha value is -2.66. The van der Waals surface area contributed by atoms with Crippen LogP contribution in [0, 0.1) is 0 Å². The first kappa shape index (κ1) is 16.8. The Kier molecular flexibility index (Phi) is 3.84. The van der Waals surface area contributed by atoms with Crippen LogP contribution in [0.5, 0.6) is 5.75 Å². The van der Waals surface area contributed by atoms with Crippen LogP contribution >= 0.6 is 0 Å². The van der Waals surface area contributed by atoms with Crippen LogP contribution in [0.4, 0.5) is 5.69 Å². The molecule has 1 unspecified atom stereocenters. The number of hydrogen-bond donors (Lipinski definition) is 0. The standard InChI is InChI=1S/C21H21NO4/c1-21(2,3)18-16(9-6-10-17(18)26-12-13-11-25-13)22-19(23)14-7-4-5-8-15(14)20(22)24/h4-10,13H,11-12H2,1-3H3. The zero-order valence-corrected chi connectivity index (χ0v) is 15.1. The molecular weight excluding hydrogens is 330 g/mol. The van der Waals surface area contributed by atoms with Gasteiger partial charge in [0.1, 0.15) is 18.5 Å². The quantitative estimate of drug-likeness (QED) is 0.624. The molecule has 26 heavy (non-hydrogen) atoms. The number of fused-ring (bicyclic) bond motifs is 1. The number of anilines is 1. The number of carbonyl (C=O) groups excluding carboxylic acids is 2. The molecule has 0 radical (unpaired) electrons. The van der Waals surface area contributed by atoms with Crippen molar-refractivity contribution in [3.8, 4) is 5.75 Å². The van der Waals surface area contributed by atoms with Crippen LogP contribution in [0.25, 0.3) is 0 Å². The molecule has 0 N–H and O–H groups in total. The van der Waals surface area contributed by atoms with Gasteiger partial charge in [-0.05, 0) is 29.7 Å². The number of nitrogens with zero attached hydrogens (tertiary/aromatic N) is 1. The molecule has 2 aromatic carbocycles. The van der Waals surface area contributed by atoms with E-state index in [1.165, 1.54) is 4.90 Å². The van der Waals surface area contributed by atoms with E-state index in [-0.39, 0.29) is 23.3 Å². The summed E-state index contributed by atoms with van der Waals surface area (Å²) in [5.41, 5.74) is 1.99. The summed E-state index contributed by atoms with van der Waals surface area (Å²) in [5, 5.41) is 0. The molecule has 2 aliphatic rings. The molecule has 4 rings (SSSR count). The summed E-state index contributed by atoms with van der Waals surface area (Å²) < 4.78 is 11.2. The summed E-state index contributed by atoms with van der Waals surface area (Å²) in [5.74, 6) is 0.0969. The van der Waals surface area contributed by atoms with E-state index < -0.39 is 0 Å². The van der Waals surface area contributed by atoms with Crippen molar-refractivity contribution in [1.82, 2.24) is 0 Å². The van der Waals surface area contributed by atoms with E-state index in [4.69, 9.17) is 9.47 Å². The molecule has 2 aliphatic heterocycles. The lowest BCUT2D eigenvalue weighted by molar-refractivity contribution is 0.0925. The molecule has 0 aliphatic carbocycles. The first-order valence-electron chi connectivity index (χ1n) is 8.73. The number of ether oxygens (including phenoxy) is 2. The van der Waals surface area contributed by atoms with Gasteiger partial charge in [-0.2, -0.15) is 0 Å². The van der Waals surface area contributed by atoms with Crippen LogP contribution in [0.1, 0.15) is 47.1 Å². The SMILES string of the molecule is CC(C)(C)c1c(OCC2CO2)cccc1N1C(=O)c2ccccc2C1=O. The van der Waals surface area contributed by atoms with Crippen LogP contribution in [0.2, 0.25) is 0 Å². The maximum atomic E-state index is 12.9. The number of benzene rings is 2. The first-order valence-corrected chi connectivity index (χ1v) is 8.73. The monoisotopic (exact) mass is 351 g/mol. The van der Waals surface area contributed by atoms with Gasteiger partial charge in [0.15, 0.2) is 0 Å². The van der Waals surface area contributed by atoms with Gasteiger partial charge in [-0.25, -0.2) is 4.90 Å². The summed E-state index contributed by atoms with van der Waals surface area (Å²) in [6.45, 7) is 7.32. The van der Waals surface area contributed by atoms with Gasteiger partial charge in [-0.15, -0.1) is 0 Å². The Labute approximate surface area is 152 Å². The summed E-state index contributed by atoms with van der Waals surface area (Å²) in [6, 6.07) is 12.4. The molecule has 1 saturated heterocycles. The van der Waals surface area contributed by atoms with E-state index in [2.05, 4.69) is 0 Å². The van der Waals surface area contributed by atoms with Crippen molar-refractivity contribution < 1.29 is 19.1 Å². The van der Waals surface area contributed by atoms with Gasteiger partial charge in [0.2, 0.25) is 0 Å². The summed E-state index contributed by atoms with van der Waals surface area (Å²) in [7, 11) is 0. The van der Waals surface area contributed by atoms with Crippen molar-refractivity contribution in [2.45, 2.75) is 32.3 Å². The highest BCUT2D eigenvalue weighted by Gasteiger charge is 2.39. The highest BCUT2D eigenvalue weighted by Crippen LogP contribution is 2.42. The first-order chi connectivity index (χ1) is 12.4. The molecule has 2 amide bonds. The van der Waals surface area contributed by atoms with Gasteiger partial charge >= 0.3 is 0 Å². The van der Waals surface area contributed by atoms with Crippen LogP contribution < -0.4 is 9.64 Å². The van der Waals surface area contributed by atoms with E-state index in [1.807, 2.05) is 39.0 Å². The van der Waals surface area contributed by atoms with Crippen LogP contribution in [-0.2, 0) is 10.2 Å². The number of amides is 2. The molecule has 1 fully saturated rings. The minimum absolute atomic E-state index is 0.130. The van der Waals surface area contributed by atoms with Crippen LogP contribution in [0.3, 0.4) is 0 Å². The molecule has 2 heterocycles. The predicted octanol–water partition coefficient (Wildman–Crippen LogP) is 3.56. The van der Waals surface area contributed by atoms with Gasteiger partial charge in [-0.3, -0.25) is 9.59 Å². The molecule has 5 heteroatoms. The Bertz CT molecular complexity index is 858. The largest absolute Gasteiger partial charge is 0.490 e. The third kappa shape index (κ3) is 2.78. The van der Waals surface area contributed by atoms with E-state index >= 15 is 0 Å². The van der Waals surface area contributed by atoms with Crippen molar-refractivity contribution in [2.24, 2.45) is 0 Å². The second-order valence-electron chi connectivity index (χ2n) is 7.66. The van der Waals surface area contributed by atoms with Crippen LogP contribution in [0.15, 0.2) is 42.5 Å². The molecule has 134 valence electrons. The van der Waals surface area contributed by atoms with E-state index in [1.54, 1.807) is 24.3 Å². The third-order valence-electron chi connectivity index (χ3n) is 4.62. The Morgan fingerprint density at radius 3 is 2.19 bits per heavy atom. The van der Waals surface area contributed by atoms with E-state index in [9.17, 15) is 9.59 Å². The normalized spacial score (nSPS) is 18.9. The second kappa shape index (κ2) is 5.95. The van der Waals surface area contributed by atoms with Crippen molar-refractivity contribution in [3.05, 3.63) is 59.2 Å². The highest BCUT2D eigenvalue weighted by molar-refractivity contribution is 6.34. The molecule has 2 aromatic rings. The maximum Gasteiger partial charge on any atom is 0.266 e. The molecule has 0 aromatic heterocycles. The Morgan fingerprint density at radius 2 is 1.65 bits per heavy atom. The lowest BCUT2D eigenvalue weighted by Gasteiger charge is -2.29. The average molecular weight is 351 g/mol. The van der Waals surface area contributed by atoms with Gasteiger partial charge in [0.05, 0.1) is 23.4 Å². The minimum atomic E-state index is -0.314. The average Bonchev–Trinajstić information content (AvgIpc) is 3.39. The third-order valence-corrected chi connectivity index (χ3v) is 4.62. The summed E-state index contributed by atoms with van der Waals surface area (Å²) in [6.07, 6.45) is 0.130. The zero-order valence-electron chi connectivity index (χ0n) is 15.1. The highest BCUT2D eigenvalue weighted by atomic mass is 16.6. The van der Waals surface area contributed by atoms with Crippen molar-refractivity contribution in [2.75, 3.05) is 18.1 Å². The fourth-order valence-corrected chi connectivity index (χ4v) is 3.34. The van der Waals surface area contributed by atoms with E-state index in [0.29, 0.717) is 35.8 Å². The number of carbonyl (C=O) groups is 2. The van der Waals surface area contributed by atoms with Gasteiger partial charge in [0.25, 0.3) is 11.8 Å². The molecule has 5 nitrogen and oxygen atoms in total.